The number of rotatable bonds is 6. The quantitative estimate of drug-likeness (QED) is 0.351. The molecule has 4 aliphatic carbocycles. The third-order valence-electron chi connectivity index (χ3n) is 11.1. The van der Waals surface area contributed by atoms with Gasteiger partial charge in [0.1, 0.15) is 12.2 Å². The Labute approximate surface area is 211 Å². The lowest BCUT2D eigenvalue weighted by Gasteiger charge is -2.62. The third kappa shape index (κ3) is 4.75. The highest BCUT2D eigenvalue weighted by Crippen LogP contribution is 2.69. The van der Waals surface area contributed by atoms with Crippen molar-refractivity contribution in [3.63, 3.8) is 0 Å². The molecule has 0 bridgehead atoms. The van der Waals surface area contributed by atoms with Gasteiger partial charge in [0, 0.05) is 25.7 Å². The molecular weight excluding hydrogens is 444 g/mol. The number of hydrogen-bond acceptors (Lipinski definition) is 6. The van der Waals surface area contributed by atoms with E-state index in [1.165, 1.54) is 33.3 Å². The second-order valence-corrected chi connectivity index (χ2v) is 12.6. The molecule has 10 atom stereocenters. The maximum atomic E-state index is 12.3. The van der Waals surface area contributed by atoms with Crippen LogP contribution >= 0.6 is 0 Å². The highest BCUT2D eigenvalue weighted by atomic mass is 16.5. The molecule has 4 saturated carbocycles. The molecule has 4 aliphatic rings. The molecule has 0 N–H and O–H groups in total. The molecule has 0 aromatic rings. The lowest BCUT2D eigenvalue weighted by atomic mass is 9.43. The van der Waals surface area contributed by atoms with E-state index in [2.05, 4.69) is 20.8 Å². The predicted molar refractivity (Wildman–Crippen MR) is 132 cm³/mol. The molecule has 0 aliphatic heterocycles. The van der Waals surface area contributed by atoms with Gasteiger partial charge in [-0.15, -0.1) is 0 Å². The first-order chi connectivity index (χ1) is 16.5. The van der Waals surface area contributed by atoms with Crippen LogP contribution < -0.4 is 0 Å². The summed E-state index contributed by atoms with van der Waals surface area (Å²) >= 11 is 0. The lowest BCUT2D eigenvalue weighted by molar-refractivity contribution is -0.197. The van der Waals surface area contributed by atoms with Gasteiger partial charge in [0.05, 0.1) is 7.11 Å². The summed E-state index contributed by atoms with van der Waals surface area (Å²) in [6.07, 6.45) is 9.87. The van der Waals surface area contributed by atoms with E-state index in [4.69, 9.17) is 14.2 Å². The fourth-order valence-electron chi connectivity index (χ4n) is 9.48. The van der Waals surface area contributed by atoms with E-state index in [-0.39, 0.29) is 40.9 Å². The van der Waals surface area contributed by atoms with E-state index in [9.17, 15) is 14.4 Å². The second-order valence-electron chi connectivity index (χ2n) is 12.6. The van der Waals surface area contributed by atoms with Crippen molar-refractivity contribution in [2.45, 2.75) is 111 Å². The third-order valence-corrected chi connectivity index (χ3v) is 11.1. The van der Waals surface area contributed by atoms with Gasteiger partial charge in [0.15, 0.2) is 0 Å². The minimum absolute atomic E-state index is 0.0479. The van der Waals surface area contributed by atoms with Crippen LogP contribution in [0.1, 0.15) is 98.8 Å². The minimum atomic E-state index is -0.183. The number of carbonyl (C=O) groups is 3. The lowest BCUT2D eigenvalue weighted by Crippen LogP contribution is -2.59. The molecule has 6 heteroatoms. The van der Waals surface area contributed by atoms with Crippen LogP contribution in [0.2, 0.25) is 0 Å². The van der Waals surface area contributed by atoms with Crippen LogP contribution in [0.3, 0.4) is 0 Å². The number of ether oxygens (including phenoxy) is 3. The van der Waals surface area contributed by atoms with Crippen molar-refractivity contribution in [2.75, 3.05) is 7.11 Å². The van der Waals surface area contributed by atoms with Gasteiger partial charge in [-0.05, 0) is 98.7 Å². The van der Waals surface area contributed by atoms with E-state index in [0.717, 1.165) is 38.5 Å². The van der Waals surface area contributed by atoms with Gasteiger partial charge >= 0.3 is 17.9 Å². The maximum Gasteiger partial charge on any atom is 0.305 e. The van der Waals surface area contributed by atoms with Crippen molar-refractivity contribution >= 4 is 17.9 Å². The summed E-state index contributed by atoms with van der Waals surface area (Å²) in [5, 5.41) is 0. The number of esters is 3. The number of hydrogen-bond donors (Lipinski definition) is 0. The van der Waals surface area contributed by atoms with Crippen LogP contribution in [0.4, 0.5) is 0 Å². The summed E-state index contributed by atoms with van der Waals surface area (Å²) in [5.41, 5.74) is 0.147. The smallest absolute Gasteiger partial charge is 0.305 e. The van der Waals surface area contributed by atoms with Crippen LogP contribution in [0, 0.1) is 46.3 Å². The van der Waals surface area contributed by atoms with Gasteiger partial charge in [0.2, 0.25) is 0 Å². The summed E-state index contributed by atoms with van der Waals surface area (Å²) in [6.45, 7) is 10.2. The van der Waals surface area contributed by atoms with Gasteiger partial charge in [-0.3, -0.25) is 14.4 Å². The predicted octanol–water partition coefficient (Wildman–Crippen LogP) is 5.71. The Morgan fingerprint density at radius 3 is 2.29 bits per heavy atom. The molecule has 35 heavy (non-hydrogen) atoms. The zero-order chi connectivity index (χ0) is 25.5. The maximum absolute atomic E-state index is 12.3. The van der Waals surface area contributed by atoms with Crippen LogP contribution in [0.15, 0.2) is 0 Å². The molecule has 0 aromatic carbocycles. The van der Waals surface area contributed by atoms with Gasteiger partial charge < -0.3 is 14.2 Å². The summed E-state index contributed by atoms with van der Waals surface area (Å²) in [5.74, 6) is 2.60. The molecular formula is C29H46O6. The Morgan fingerprint density at radius 2 is 1.63 bits per heavy atom. The van der Waals surface area contributed by atoms with Crippen LogP contribution in [0.5, 0.6) is 0 Å². The first-order valence-electron chi connectivity index (χ1n) is 13.9. The van der Waals surface area contributed by atoms with Crippen molar-refractivity contribution in [3.05, 3.63) is 0 Å². The SMILES string of the molecule is COC(=O)CC[C@@H](C)[C@@H]1CC[C@@H]2[C@H]3CC[C@H]4C[C@@H](OC(C)=O)CC[C@]4(C)[C@@H]3C[C@@H](OC(C)=O)[C@@]21C. The Kier molecular flexibility index (Phi) is 7.60. The van der Waals surface area contributed by atoms with Crippen molar-refractivity contribution < 1.29 is 28.6 Å². The van der Waals surface area contributed by atoms with Gasteiger partial charge in [-0.1, -0.05) is 20.8 Å². The van der Waals surface area contributed by atoms with Crippen molar-refractivity contribution in [1.82, 2.24) is 0 Å². The fraction of sp³-hybridized carbons (Fsp3) is 0.897. The zero-order valence-corrected chi connectivity index (χ0v) is 22.6. The normalized spacial score (nSPS) is 43.2. The van der Waals surface area contributed by atoms with Crippen LogP contribution in [0.25, 0.3) is 0 Å². The monoisotopic (exact) mass is 490 g/mol. The Bertz CT molecular complexity index is 824. The van der Waals surface area contributed by atoms with Crippen LogP contribution in [-0.4, -0.2) is 37.2 Å². The minimum Gasteiger partial charge on any atom is -0.469 e. The zero-order valence-electron chi connectivity index (χ0n) is 22.6. The number of fused-ring (bicyclic) bond motifs is 5. The number of methoxy groups -OCH3 is 1. The van der Waals surface area contributed by atoms with E-state index in [0.29, 0.717) is 41.9 Å². The fourth-order valence-corrected chi connectivity index (χ4v) is 9.48. The van der Waals surface area contributed by atoms with E-state index >= 15 is 0 Å². The van der Waals surface area contributed by atoms with Gasteiger partial charge in [0.25, 0.3) is 0 Å². The highest BCUT2D eigenvalue weighted by molar-refractivity contribution is 5.69. The standard InChI is InChI=1S/C29H46O6/c1-17(7-12-27(32)33-6)23-10-11-24-22-9-8-20-15-21(34-18(2)30)13-14-28(20,4)25(22)16-26(29(23,24)5)35-19(3)31/h17,20-26H,7-16H2,1-6H3/t17-,20+,21+,22-,23+,24-,25-,26-,28+,29-/m1/s1. The molecule has 4 fully saturated rings. The molecule has 0 radical (unpaired) electrons. The summed E-state index contributed by atoms with van der Waals surface area (Å²) in [7, 11) is 1.45. The molecule has 6 nitrogen and oxygen atoms in total. The second kappa shape index (κ2) is 10.0. The average molecular weight is 491 g/mol. The molecule has 0 heterocycles. The summed E-state index contributed by atoms with van der Waals surface area (Å²) in [6, 6.07) is 0. The Morgan fingerprint density at radius 1 is 0.914 bits per heavy atom. The molecule has 0 spiro atoms. The first-order valence-corrected chi connectivity index (χ1v) is 13.9. The van der Waals surface area contributed by atoms with E-state index in [1.54, 1.807) is 6.92 Å². The Balaban J connectivity index is 1.58. The molecule has 4 rings (SSSR count). The number of carbonyl (C=O) groups excluding carboxylic acids is 3. The van der Waals surface area contributed by atoms with Crippen molar-refractivity contribution in [3.8, 4) is 0 Å². The van der Waals surface area contributed by atoms with Gasteiger partial charge in [-0.2, -0.15) is 0 Å². The van der Waals surface area contributed by atoms with E-state index in [1.807, 2.05) is 0 Å². The molecule has 0 amide bonds. The van der Waals surface area contributed by atoms with Crippen molar-refractivity contribution in [2.24, 2.45) is 46.3 Å². The Hall–Kier alpha value is -1.59. The molecule has 0 saturated heterocycles. The molecule has 0 aromatic heterocycles. The summed E-state index contributed by atoms with van der Waals surface area (Å²) < 4.78 is 16.7. The van der Waals surface area contributed by atoms with Crippen LogP contribution in [-0.2, 0) is 28.6 Å². The van der Waals surface area contributed by atoms with E-state index < -0.39 is 0 Å². The highest BCUT2D eigenvalue weighted by Gasteiger charge is 2.65. The summed E-state index contributed by atoms with van der Waals surface area (Å²) in [4.78, 5) is 35.7. The first kappa shape index (κ1) is 26.5. The molecule has 198 valence electrons. The van der Waals surface area contributed by atoms with Gasteiger partial charge in [-0.25, -0.2) is 0 Å². The topological polar surface area (TPSA) is 78.9 Å². The largest absolute Gasteiger partial charge is 0.469 e. The molecule has 0 unspecified atom stereocenters. The average Bonchev–Trinajstić information content (AvgIpc) is 3.16. The van der Waals surface area contributed by atoms with Crippen molar-refractivity contribution in [1.29, 1.82) is 0 Å².